The normalized spacial score (nSPS) is 19.0. The SMILES string of the molecule is CCC(N[S+]([O-])C(C)(C)C)c1ccc(OC)c2cnc(Nc3ccc4c(n3)C3(CC3)C(C)(C)OC4=O)cc12. The molecule has 3 aromatic rings. The summed E-state index contributed by atoms with van der Waals surface area (Å²) in [5.41, 5.74) is 1.52. The maximum atomic E-state index is 12.9. The third-order valence-electron chi connectivity index (χ3n) is 7.78. The van der Waals surface area contributed by atoms with Crippen LogP contribution >= 0.6 is 0 Å². The molecule has 1 aliphatic carbocycles. The molecule has 1 fully saturated rings. The number of pyridine rings is 2. The Morgan fingerprint density at radius 2 is 1.89 bits per heavy atom. The highest BCUT2D eigenvalue weighted by molar-refractivity contribution is 7.90. The molecule has 2 N–H and O–H groups in total. The predicted octanol–water partition coefficient (Wildman–Crippen LogP) is 5.87. The van der Waals surface area contributed by atoms with E-state index in [-0.39, 0.29) is 22.2 Å². The first kappa shape index (κ1) is 26.7. The second-order valence-corrected chi connectivity index (χ2v) is 13.6. The van der Waals surface area contributed by atoms with Crippen LogP contribution in [0.1, 0.15) is 88.5 Å². The van der Waals surface area contributed by atoms with E-state index in [0.717, 1.165) is 47.0 Å². The molecule has 38 heavy (non-hydrogen) atoms. The lowest BCUT2D eigenvalue weighted by Crippen LogP contribution is -2.46. The van der Waals surface area contributed by atoms with Crippen LogP contribution in [0.5, 0.6) is 5.75 Å². The van der Waals surface area contributed by atoms with Crippen LogP contribution < -0.4 is 14.8 Å². The van der Waals surface area contributed by atoms with Crippen molar-refractivity contribution in [1.82, 2.24) is 14.7 Å². The Labute approximate surface area is 227 Å². The molecule has 1 saturated carbocycles. The zero-order chi connectivity index (χ0) is 27.5. The number of esters is 1. The fourth-order valence-electron chi connectivity index (χ4n) is 5.28. The van der Waals surface area contributed by atoms with Crippen molar-refractivity contribution >= 4 is 39.7 Å². The minimum atomic E-state index is -1.23. The average molecular weight is 537 g/mol. The minimum absolute atomic E-state index is 0.122. The third kappa shape index (κ3) is 4.50. The number of rotatable bonds is 7. The molecule has 1 spiro atoms. The Kier molecular flexibility index (Phi) is 6.60. The molecule has 0 bridgehead atoms. The highest BCUT2D eigenvalue weighted by atomic mass is 32.2. The van der Waals surface area contributed by atoms with Crippen molar-refractivity contribution < 1.29 is 18.8 Å². The second kappa shape index (κ2) is 9.39. The van der Waals surface area contributed by atoms with E-state index in [1.54, 1.807) is 25.4 Å². The number of carbonyl (C=O) groups is 1. The molecule has 2 aliphatic rings. The van der Waals surface area contributed by atoms with Gasteiger partial charge in [0.05, 0.1) is 29.8 Å². The van der Waals surface area contributed by atoms with Crippen molar-refractivity contribution in [2.75, 3.05) is 12.4 Å². The van der Waals surface area contributed by atoms with Gasteiger partial charge in [0.25, 0.3) is 0 Å². The minimum Gasteiger partial charge on any atom is -0.598 e. The lowest BCUT2D eigenvalue weighted by atomic mass is 9.80. The number of nitrogens with one attached hydrogen (secondary N) is 2. The first-order valence-corrected chi connectivity index (χ1v) is 14.2. The van der Waals surface area contributed by atoms with Crippen molar-refractivity contribution in [3.63, 3.8) is 0 Å². The molecular formula is C29H36N4O4S. The van der Waals surface area contributed by atoms with Crippen LogP contribution in [0.3, 0.4) is 0 Å². The van der Waals surface area contributed by atoms with Crippen LogP contribution in [0.4, 0.5) is 11.6 Å². The molecule has 2 aromatic heterocycles. The lowest BCUT2D eigenvalue weighted by Gasteiger charge is -2.39. The molecule has 1 aliphatic heterocycles. The molecule has 2 atom stereocenters. The molecule has 8 nitrogen and oxygen atoms in total. The number of fused-ring (bicyclic) bond motifs is 3. The molecule has 0 radical (unpaired) electrons. The number of aromatic nitrogens is 2. The summed E-state index contributed by atoms with van der Waals surface area (Å²) < 4.78 is 27.2. The van der Waals surface area contributed by atoms with Gasteiger partial charge in [-0.25, -0.2) is 14.8 Å². The van der Waals surface area contributed by atoms with Crippen LogP contribution in [-0.4, -0.2) is 37.9 Å². The Morgan fingerprint density at radius 3 is 2.53 bits per heavy atom. The van der Waals surface area contributed by atoms with Crippen LogP contribution in [0.25, 0.3) is 10.8 Å². The standard InChI is InChI=1S/C29H36N4O4S/c1-8-21(33-38(35)27(2,3)4)17-9-11-22(36-7)20-16-30-24(15-19(17)20)31-23-12-10-18-25(32-23)29(13-14-29)28(5,6)37-26(18)34/h9-12,15-16,21,33H,8,13-14H2,1-7H3,(H,30,31,32). The zero-order valence-corrected chi connectivity index (χ0v) is 23.9. The van der Waals surface area contributed by atoms with Crippen molar-refractivity contribution in [2.45, 2.75) is 82.6 Å². The van der Waals surface area contributed by atoms with Gasteiger partial charge in [-0.05, 0) is 89.1 Å². The van der Waals surface area contributed by atoms with Gasteiger partial charge in [-0.2, -0.15) is 0 Å². The summed E-state index contributed by atoms with van der Waals surface area (Å²) >= 11 is -1.23. The van der Waals surface area contributed by atoms with Crippen LogP contribution in [0, 0.1) is 0 Å². The zero-order valence-electron chi connectivity index (χ0n) is 23.1. The largest absolute Gasteiger partial charge is 0.598 e. The van der Waals surface area contributed by atoms with E-state index in [0.29, 0.717) is 17.2 Å². The summed E-state index contributed by atoms with van der Waals surface area (Å²) in [7, 11) is 1.64. The number of hydrogen-bond donors (Lipinski definition) is 2. The fourth-order valence-corrected chi connectivity index (χ4v) is 6.19. The first-order chi connectivity index (χ1) is 17.9. The lowest BCUT2D eigenvalue weighted by molar-refractivity contribution is -0.0285. The van der Waals surface area contributed by atoms with Crippen LogP contribution in [0.15, 0.2) is 36.5 Å². The van der Waals surface area contributed by atoms with Gasteiger partial charge in [-0.3, -0.25) is 0 Å². The average Bonchev–Trinajstić information content (AvgIpc) is 3.67. The van der Waals surface area contributed by atoms with Gasteiger partial charge in [0.1, 0.15) is 27.7 Å². The van der Waals surface area contributed by atoms with E-state index in [2.05, 4.69) is 21.9 Å². The molecule has 202 valence electrons. The number of carbonyl (C=O) groups excluding carboxylic acids is 1. The van der Waals surface area contributed by atoms with E-state index in [9.17, 15) is 9.35 Å². The summed E-state index contributed by atoms with van der Waals surface area (Å²) in [6, 6.07) is 9.38. The van der Waals surface area contributed by atoms with Crippen molar-refractivity contribution in [3.8, 4) is 5.75 Å². The Morgan fingerprint density at radius 1 is 1.16 bits per heavy atom. The van der Waals surface area contributed by atoms with E-state index in [1.807, 2.05) is 52.8 Å². The quantitative estimate of drug-likeness (QED) is 0.285. The predicted molar refractivity (Wildman–Crippen MR) is 150 cm³/mol. The topological polar surface area (TPSA) is 108 Å². The summed E-state index contributed by atoms with van der Waals surface area (Å²) in [6.45, 7) is 11.9. The van der Waals surface area contributed by atoms with Crippen LogP contribution in [-0.2, 0) is 21.5 Å². The number of benzene rings is 1. The molecule has 0 amide bonds. The van der Waals surface area contributed by atoms with E-state index in [1.165, 1.54) is 0 Å². The molecule has 2 unspecified atom stereocenters. The third-order valence-corrected chi connectivity index (χ3v) is 9.39. The molecule has 3 heterocycles. The summed E-state index contributed by atoms with van der Waals surface area (Å²) in [4.78, 5) is 22.2. The Balaban J connectivity index is 1.52. The van der Waals surface area contributed by atoms with Gasteiger partial charge in [-0.15, -0.1) is 4.72 Å². The Hall–Kier alpha value is -2.88. The van der Waals surface area contributed by atoms with E-state index in [4.69, 9.17) is 14.5 Å². The van der Waals surface area contributed by atoms with Gasteiger partial charge in [-0.1, -0.05) is 13.0 Å². The highest BCUT2D eigenvalue weighted by Crippen LogP contribution is 2.59. The number of cyclic esters (lactones) is 1. The van der Waals surface area contributed by atoms with Crippen molar-refractivity contribution in [2.24, 2.45) is 0 Å². The highest BCUT2D eigenvalue weighted by Gasteiger charge is 2.63. The molecule has 0 saturated heterocycles. The summed E-state index contributed by atoms with van der Waals surface area (Å²) in [5, 5.41) is 5.17. The molecule has 5 rings (SSSR count). The Bertz CT molecular complexity index is 1400. The monoisotopic (exact) mass is 536 g/mol. The molecule has 1 aromatic carbocycles. The van der Waals surface area contributed by atoms with Crippen molar-refractivity contribution in [1.29, 1.82) is 0 Å². The van der Waals surface area contributed by atoms with Crippen LogP contribution in [0.2, 0.25) is 0 Å². The number of anilines is 2. The van der Waals surface area contributed by atoms with Gasteiger partial charge in [0.2, 0.25) is 0 Å². The number of hydrogen-bond acceptors (Lipinski definition) is 8. The van der Waals surface area contributed by atoms with Crippen molar-refractivity contribution in [3.05, 3.63) is 53.3 Å². The first-order valence-electron chi connectivity index (χ1n) is 13.1. The van der Waals surface area contributed by atoms with E-state index < -0.39 is 17.0 Å². The smallest absolute Gasteiger partial charge is 0.340 e. The van der Waals surface area contributed by atoms with E-state index >= 15 is 0 Å². The summed E-state index contributed by atoms with van der Waals surface area (Å²) in [5.74, 6) is 1.63. The molecule has 9 heteroatoms. The maximum absolute atomic E-state index is 12.9. The van der Waals surface area contributed by atoms with Gasteiger partial charge in [0, 0.05) is 22.9 Å². The summed E-state index contributed by atoms with van der Waals surface area (Å²) in [6.07, 6.45) is 4.42. The molecular weight excluding hydrogens is 500 g/mol. The fraction of sp³-hybridized carbons (Fsp3) is 0.483. The second-order valence-electron chi connectivity index (χ2n) is 11.6. The van der Waals surface area contributed by atoms with Gasteiger partial charge >= 0.3 is 5.97 Å². The number of ether oxygens (including phenoxy) is 2. The number of methoxy groups -OCH3 is 1. The number of nitrogens with zero attached hydrogens (tertiary/aromatic N) is 2. The van der Waals surface area contributed by atoms with Gasteiger partial charge < -0.3 is 19.3 Å². The van der Waals surface area contributed by atoms with Gasteiger partial charge in [0.15, 0.2) is 0 Å². The maximum Gasteiger partial charge on any atom is 0.340 e.